The third-order valence-electron chi connectivity index (χ3n) is 8.17. The average molecular weight is 586 g/mol. The molecule has 1 saturated carbocycles. The first-order valence-corrected chi connectivity index (χ1v) is 14.7. The Labute approximate surface area is 248 Å². The van der Waals surface area contributed by atoms with Gasteiger partial charge >= 0.3 is 6.09 Å². The lowest BCUT2D eigenvalue weighted by Crippen LogP contribution is -2.60. The molecule has 1 aliphatic heterocycles. The molecule has 232 valence electrons. The fourth-order valence-electron chi connectivity index (χ4n) is 5.80. The van der Waals surface area contributed by atoms with E-state index in [1.54, 1.807) is 45.3 Å². The van der Waals surface area contributed by atoms with Crippen LogP contribution >= 0.6 is 0 Å². The van der Waals surface area contributed by atoms with Crippen LogP contribution in [0.2, 0.25) is 0 Å². The Hall–Kier alpha value is -3.50. The second kappa shape index (κ2) is 12.4. The van der Waals surface area contributed by atoms with Gasteiger partial charge < -0.3 is 25.6 Å². The molecule has 4 amide bonds. The van der Waals surface area contributed by atoms with Gasteiger partial charge in [-0.3, -0.25) is 24.2 Å². The highest BCUT2D eigenvalue weighted by Gasteiger charge is 2.70. The van der Waals surface area contributed by atoms with Gasteiger partial charge in [-0.1, -0.05) is 48.0 Å². The van der Waals surface area contributed by atoms with E-state index in [4.69, 9.17) is 4.74 Å². The lowest BCUT2D eigenvalue weighted by Gasteiger charge is -2.38. The Morgan fingerprint density at radius 2 is 1.67 bits per heavy atom. The second-order valence-corrected chi connectivity index (χ2v) is 14.1. The Kier molecular flexibility index (Phi) is 9.74. The number of nitrogens with zero attached hydrogens (tertiary/aromatic N) is 2. The van der Waals surface area contributed by atoms with Crippen LogP contribution < -0.4 is 16.0 Å². The van der Waals surface area contributed by atoms with Crippen LogP contribution in [-0.2, 0) is 30.5 Å². The SMILES string of the molecule is CCC[C@@H](NC(=O)[C@@H]1[C@@H]2C(CN1C(=O)[C@@H](NC(=O)OC(C)(C)C)C(C)(C)C)C2(C)C)C(=O)C(=O)NCc1ccncc1. The van der Waals surface area contributed by atoms with Crippen molar-refractivity contribution in [3.63, 3.8) is 0 Å². The third kappa shape index (κ3) is 7.66. The number of carbonyl (C=O) groups excluding carboxylic acids is 5. The molecule has 5 atom stereocenters. The normalized spacial score (nSPS) is 22.3. The quantitative estimate of drug-likeness (QED) is 0.358. The van der Waals surface area contributed by atoms with E-state index in [1.165, 1.54) is 4.90 Å². The molecule has 0 aromatic carbocycles. The Morgan fingerprint density at radius 1 is 1.05 bits per heavy atom. The number of hydrogen-bond acceptors (Lipinski definition) is 7. The van der Waals surface area contributed by atoms with Gasteiger partial charge in [0.25, 0.3) is 5.91 Å². The summed E-state index contributed by atoms with van der Waals surface area (Å²) in [4.78, 5) is 71.9. The van der Waals surface area contributed by atoms with Crippen molar-refractivity contribution in [2.45, 2.75) is 105 Å². The van der Waals surface area contributed by atoms with Gasteiger partial charge in [0.15, 0.2) is 0 Å². The molecule has 1 aromatic heterocycles. The zero-order valence-corrected chi connectivity index (χ0v) is 26.4. The van der Waals surface area contributed by atoms with Gasteiger partial charge in [0.2, 0.25) is 17.6 Å². The zero-order valence-electron chi connectivity index (χ0n) is 26.4. The molecule has 42 heavy (non-hydrogen) atoms. The highest BCUT2D eigenvalue weighted by atomic mass is 16.6. The van der Waals surface area contributed by atoms with Crippen molar-refractivity contribution in [1.82, 2.24) is 25.8 Å². The average Bonchev–Trinajstić information content (AvgIpc) is 3.21. The van der Waals surface area contributed by atoms with E-state index in [2.05, 4.69) is 34.8 Å². The smallest absolute Gasteiger partial charge is 0.408 e. The molecule has 0 spiro atoms. The van der Waals surface area contributed by atoms with E-state index in [0.29, 0.717) is 13.0 Å². The molecule has 2 aliphatic rings. The number of hydrogen-bond donors (Lipinski definition) is 3. The number of likely N-dealkylation sites (tertiary alicyclic amines) is 1. The van der Waals surface area contributed by atoms with Crippen molar-refractivity contribution in [2.24, 2.45) is 22.7 Å². The minimum atomic E-state index is -1.03. The first-order valence-electron chi connectivity index (χ1n) is 14.7. The van der Waals surface area contributed by atoms with Crippen LogP contribution in [0.5, 0.6) is 0 Å². The number of ether oxygens (including phenoxy) is 1. The van der Waals surface area contributed by atoms with Crippen LogP contribution in [-0.4, -0.2) is 69.8 Å². The van der Waals surface area contributed by atoms with Gasteiger partial charge in [-0.2, -0.15) is 0 Å². The molecule has 2 heterocycles. The van der Waals surface area contributed by atoms with E-state index in [9.17, 15) is 24.0 Å². The van der Waals surface area contributed by atoms with Crippen molar-refractivity contribution >= 4 is 29.6 Å². The number of rotatable bonds is 10. The summed E-state index contributed by atoms with van der Waals surface area (Å²) in [5, 5.41) is 8.15. The number of alkyl carbamates (subject to hydrolysis) is 1. The molecule has 11 nitrogen and oxygen atoms in total. The molecule has 11 heteroatoms. The summed E-state index contributed by atoms with van der Waals surface area (Å²) in [5.74, 6) is -2.39. The van der Waals surface area contributed by atoms with Crippen LogP contribution in [0.15, 0.2) is 24.5 Å². The molecule has 3 N–H and O–H groups in total. The summed E-state index contributed by atoms with van der Waals surface area (Å²) < 4.78 is 5.41. The first-order chi connectivity index (χ1) is 19.4. The summed E-state index contributed by atoms with van der Waals surface area (Å²) in [6.45, 7) is 17.2. The van der Waals surface area contributed by atoms with E-state index >= 15 is 0 Å². The van der Waals surface area contributed by atoms with Gasteiger partial charge in [0, 0.05) is 25.5 Å². The molecular weight excluding hydrogens is 538 g/mol. The van der Waals surface area contributed by atoms with E-state index in [1.807, 2.05) is 27.7 Å². The monoisotopic (exact) mass is 585 g/mol. The van der Waals surface area contributed by atoms with Crippen molar-refractivity contribution in [3.05, 3.63) is 30.1 Å². The van der Waals surface area contributed by atoms with E-state index in [-0.39, 0.29) is 36.1 Å². The number of aromatic nitrogens is 1. The Morgan fingerprint density at radius 3 is 2.21 bits per heavy atom. The standard InChI is InChI=1S/C31H47N5O6/c1-10-11-20(23(37)26(39)33-16-18-12-14-32-15-13-18)34-25(38)22-21-19(31(21,8)9)17-36(22)27(40)24(29(2,3)4)35-28(41)42-30(5,6)7/h12-15,19-22,24H,10-11,16-17H2,1-9H3,(H,33,39)(H,34,38)(H,35,41)/t19?,20-,21+,22+,24-/m1/s1. The summed E-state index contributed by atoms with van der Waals surface area (Å²) in [7, 11) is 0. The number of carbonyl (C=O) groups is 5. The van der Waals surface area contributed by atoms with Crippen molar-refractivity contribution in [2.75, 3.05) is 6.54 Å². The molecule has 1 unspecified atom stereocenters. The van der Waals surface area contributed by atoms with Crippen LogP contribution in [0.25, 0.3) is 0 Å². The maximum atomic E-state index is 14.0. The van der Waals surface area contributed by atoms with Gasteiger partial charge in [0.05, 0.1) is 6.04 Å². The maximum Gasteiger partial charge on any atom is 0.408 e. The molecule has 0 radical (unpaired) electrons. The molecular formula is C31H47N5O6. The molecule has 3 rings (SSSR count). The lowest BCUT2D eigenvalue weighted by atomic mass is 9.85. The van der Waals surface area contributed by atoms with Crippen LogP contribution in [0.1, 0.15) is 80.7 Å². The summed E-state index contributed by atoms with van der Waals surface area (Å²) in [6.07, 6.45) is 3.31. The third-order valence-corrected chi connectivity index (χ3v) is 8.17. The minimum Gasteiger partial charge on any atom is -0.444 e. The van der Waals surface area contributed by atoms with Crippen molar-refractivity contribution in [1.29, 1.82) is 0 Å². The zero-order chi connectivity index (χ0) is 31.6. The molecule has 2 fully saturated rings. The van der Waals surface area contributed by atoms with Crippen molar-refractivity contribution in [3.8, 4) is 0 Å². The topological polar surface area (TPSA) is 147 Å². The number of pyridine rings is 1. The minimum absolute atomic E-state index is 0.100. The maximum absolute atomic E-state index is 14.0. The van der Waals surface area contributed by atoms with Gasteiger partial charge in [-0.15, -0.1) is 0 Å². The number of amides is 4. The van der Waals surface area contributed by atoms with Gasteiger partial charge in [0.1, 0.15) is 17.7 Å². The number of nitrogens with one attached hydrogen (secondary N) is 3. The van der Waals surface area contributed by atoms with Crippen LogP contribution in [0, 0.1) is 22.7 Å². The Bertz CT molecular complexity index is 1190. The number of piperidine rings is 1. The van der Waals surface area contributed by atoms with Crippen LogP contribution in [0.3, 0.4) is 0 Å². The fourth-order valence-corrected chi connectivity index (χ4v) is 5.80. The first kappa shape index (κ1) is 33.0. The highest BCUT2D eigenvalue weighted by molar-refractivity contribution is 6.38. The van der Waals surface area contributed by atoms with Crippen molar-refractivity contribution < 1.29 is 28.7 Å². The molecule has 1 aliphatic carbocycles. The van der Waals surface area contributed by atoms with E-state index in [0.717, 1.165) is 5.56 Å². The summed E-state index contributed by atoms with van der Waals surface area (Å²) >= 11 is 0. The molecule has 0 bridgehead atoms. The number of fused-ring (bicyclic) bond motifs is 1. The van der Waals surface area contributed by atoms with Gasteiger partial charge in [-0.25, -0.2) is 4.79 Å². The lowest BCUT2D eigenvalue weighted by molar-refractivity contribution is -0.145. The molecule has 1 saturated heterocycles. The number of ketones is 1. The summed E-state index contributed by atoms with van der Waals surface area (Å²) in [6, 6.07) is 0.650. The van der Waals surface area contributed by atoms with Gasteiger partial charge in [-0.05, 0) is 67.6 Å². The number of Topliss-reactive ketones (excluding diaryl/α,β-unsaturated/α-hetero) is 1. The fraction of sp³-hybridized carbons (Fsp3) is 0.677. The Balaban J connectivity index is 1.78. The summed E-state index contributed by atoms with van der Waals surface area (Å²) in [5.41, 5.74) is -0.799. The highest BCUT2D eigenvalue weighted by Crippen LogP contribution is 2.65. The predicted molar refractivity (Wildman–Crippen MR) is 157 cm³/mol. The predicted octanol–water partition coefficient (Wildman–Crippen LogP) is 2.97. The van der Waals surface area contributed by atoms with E-state index < -0.39 is 52.8 Å². The van der Waals surface area contributed by atoms with Crippen LogP contribution in [0.4, 0.5) is 4.79 Å². The largest absolute Gasteiger partial charge is 0.444 e. The second-order valence-electron chi connectivity index (χ2n) is 14.1. The molecule has 1 aromatic rings.